The number of imidazole rings is 1. The number of rotatable bonds is 16. The molecule has 36 heavy (non-hydrogen) atoms. The standard InChI is InChI=1S/C19H32N10O7/c20-10(7-30)15(32)27-11(2-1-3-25-19(22)23)16(33)28-12(4-9-6-24-8-26-9)17(34)29-13(18(35)36)5-14(21)31/h6,8,10-13,30H,1-5,7,20H2,(H2,21,31)(H,24,26)(H,27,32)(H,28,33)(H,29,34)(H,35,36)(H4,22,23,25). The lowest BCUT2D eigenvalue weighted by molar-refractivity contribution is -0.143. The summed E-state index contributed by atoms with van der Waals surface area (Å²) in [5, 5.41) is 25.4. The fraction of sp³-hybridized carbons (Fsp3) is 0.526. The topological polar surface area (TPSA) is 307 Å². The summed E-state index contributed by atoms with van der Waals surface area (Å²) < 4.78 is 0. The molecule has 0 fully saturated rings. The Labute approximate surface area is 205 Å². The minimum Gasteiger partial charge on any atom is -0.480 e. The number of aromatic nitrogens is 2. The van der Waals surface area contributed by atoms with Gasteiger partial charge in [-0.2, -0.15) is 0 Å². The van der Waals surface area contributed by atoms with Crippen molar-refractivity contribution >= 4 is 35.6 Å². The third-order valence-corrected chi connectivity index (χ3v) is 4.74. The van der Waals surface area contributed by atoms with Gasteiger partial charge in [-0.05, 0) is 12.8 Å². The summed E-state index contributed by atoms with van der Waals surface area (Å²) in [6, 6.07) is -5.47. The molecule has 0 aliphatic carbocycles. The lowest BCUT2D eigenvalue weighted by Gasteiger charge is -2.24. The molecular formula is C19H32N10O7. The third-order valence-electron chi connectivity index (χ3n) is 4.74. The fourth-order valence-corrected chi connectivity index (χ4v) is 2.91. The van der Waals surface area contributed by atoms with Gasteiger partial charge in [-0.15, -0.1) is 0 Å². The van der Waals surface area contributed by atoms with Crippen molar-refractivity contribution in [3.05, 3.63) is 18.2 Å². The summed E-state index contributed by atoms with van der Waals surface area (Å²) in [4.78, 5) is 71.1. The number of carbonyl (C=O) groups excluding carboxylic acids is 4. The Kier molecular flexibility index (Phi) is 12.3. The van der Waals surface area contributed by atoms with Crippen LogP contribution in [-0.4, -0.2) is 93.1 Å². The number of nitrogens with one attached hydrogen (secondary N) is 4. The van der Waals surface area contributed by atoms with Crippen LogP contribution in [0, 0.1) is 0 Å². The molecule has 0 aromatic carbocycles. The second kappa shape index (κ2) is 14.9. The number of carboxylic acid groups (broad SMARTS) is 1. The van der Waals surface area contributed by atoms with Crippen LogP contribution >= 0.6 is 0 Å². The number of carbonyl (C=O) groups is 5. The number of aliphatic hydroxyl groups is 1. The number of guanidine groups is 1. The van der Waals surface area contributed by atoms with E-state index in [-0.39, 0.29) is 31.8 Å². The number of aromatic amines is 1. The number of aliphatic imine (C=N–C) groups is 1. The van der Waals surface area contributed by atoms with Gasteiger partial charge in [-0.3, -0.25) is 24.2 Å². The Morgan fingerprint density at radius 1 is 1.00 bits per heavy atom. The second-order valence-corrected chi connectivity index (χ2v) is 7.71. The minimum absolute atomic E-state index is 0.0321. The van der Waals surface area contributed by atoms with Gasteiger partial charge < -0.3 is 54.1 Å². The molecule has 14 N–H and O–H groups in total. The van der Waals surface area contributed by atoms with Crippen LogP contribution in [0.2, 0.25) is 0 Å². The van der Waals surface area contributed by atoms with Gasteiger partial charge in [0.1, 0.15) is 24.2 Å². The quantitative estimate of drug-likeness (QED) is 0.0566. The number of aliphatic hydroxyl groups excluding tert-OH is 1. The average molecular weight is 513 g/mol. The molecule has 4 atom stereocenters. The number of nitrogens with zero attached hydrogens (tertiary/aromatic N) is 2. The van der Waals surface area contributed by atoms with Gasteiger partial charge >= 0.3 is 5.97 Å². The summed E-state index contributed by atoms with van der Waals surface area (Å²) in [6.45, 7) is -0.533. The van der Waals surface area contributed by atoms with Crippen molar-refractivity contribution in [3.63, 3.8) is 0 Å². The van der Waals surface area contributed by atoms with Gasteiger partial charge in [0.15, 0.2) is 5.96 Å². The highest BCUT2D eigenvalue weighted by Crippen LogP contribution is 2.05. The van der Waals surface area contributed by atoms with Gasteiger partial charge in [0.25, 0.3) is 0 Å². The van der Waals surface area contributed by atoms with Crippen molar-refractivity contribution in [2.24, 2.45) is 27.9 Å². The van der Waals surface area contributed by atoms with Gasteiger partial charge in [-0.1, -0.05) is 0 Å². The maximum atomic E-state index is 13.0. The molecule has 0 spiro atoms. The van der Waals surface area contributed by atoms with Crippen LogP contribution in [0.5, 0.6) is 0 Å². The SMILES string of the molecule is NC(=O)CC(NC(=O)C(Cc1cnc[nH]1)NC(=O)C(CCCN=C(N)N)NC(=O)C(N)CO)C(=O)O. The minimum atomic E-state index is -1.63. The van der Waals surface area contributed by atoms with Gasteiger partial charge in [0.05, 0.1) is 19.4 Å². The first-order valence-corrected chi connectivity index (χ1v) is 10.8. The van der Waals surface area contributed by atoms with E-state index in [0.717, 1.165) is 0 Å². The number of hydrogen-bond acceptors (Lipinski definition) is 9. The largest absolute Gasteiger partial charge is 0.480 e. The molecule has 1 aromatic rings. The number of hydrogen-bond donors (Lipinski definition) is 10. The van der Waals surface area contributed by atoms with Crippen LogP contribution in [-0.2, 0) is 30.4 Å². The van der Waals surface area contributed by atoms with Crippen molar-refractivity contribution in [3.8, 4) is 0 Å². The zero-order valence-electron chi connectivity index (χ0n) is 19.3. The molecule has 0 saturated heterocycles. The number of amides is 4. The Balaban J connectivity index is 3.08. The molecule has 17 heteroatoms. The molecule has 0 radical (unpaired) electrons. The van der Waals surface area contributed by atoms with E-state index in [1.165, 1.54) is 12.5 Å². The lowest BCUT2D eigenvalue weighted by Crippen LogP contribution is -2.58. The van der Waals surface area contributed by atoms with E-state index in [0.29, 0.717) is 5.69 Å². The Morgan fingerprint density at radius 2 is 1.61 bits per heavy atom. The van der Waals surface area contributed by atoms with E-state index in [1.54, 1.807) is 0 Å². The van der Waals surface area contributed by atoms with E-state index in [1.807, 2.05) is 0 Å². The van der Waals surface area contributed by atoms with Crippen LogP contribution in [0.15, 0.2) is 17.5 Å². The lowest BCUT2D eigenvalue weighted by atomic mass is 10.1. The summed E-state index contributed by atoms with van der Waals surface area (Å²) in [5.41, 5.74) is 21.5. The Bertz CT molecular complexity index is 933. The smallest absolute Gasteiger partial charge is 0.326 e. The van der Waals surface area contributed by atoms with Crippen LogP contribution in [0.25, 0.3) is 0 Å². The van der Waals surface area contributed by atoms with Crippen molar-refractivity contribution in [1.82, 2.24) is 25.9 Å². The van der Waals surface area contributed by atoms with E-state index in [4.69, 9.17) is 28.0 Å². The van der Waals surface area contributed by atoms with E-state index in [2.05, 4.69) is 30.9 Å². The highest BCUT2D eigenvalue weighted by atomic mass is 16.4. The van der Waals surface area contributed by atoms with E-state index in [9.17, 15) is 29.1 Å². The molecule has 0 bridgehead atoms. The van der Waals surface area contributed by atoms with Crippen LogP contribution in [0.3, 0.4) is 0 Å². The van der Waals surface area contributed by atoms with Crippen LogP contribution in [0.1, 0.15) is 25.0 Å². The number of H-pyrrole nitrogens is 1. The predicted octanol–water partition coefficient (Wildman–Crippen LogP) is -5.26. The molecule has 0 aliphatic rings. The monoisotopic (exact) mass is 512 g/mol. The van der Waals surface area contributed by atoms with Crippen LogP contribution in [0.4, 0.5) is 0 Å². The second-order valence-electron chi connectivity index (χ2n) is 7.71. The number of primary amides is 1. The molecule has 1 heterocycles. The number of aliphatic carboxylic acids is 1. The molecule has 17 nitrogen and oxygen atoms in total. The van der Waals surface area contributed by atoms with Gasteiger partial charge in [0.2, 0.25) is 23.6 Å². The van der Waals surface area contributed by atoms with E-state index < -0.39 is 66.8 Å². The average Bonchev–Trinajstić information content (AvgIpc) is 3.31. The zero-order valence-corrected chi connectivity index (χ0v) is 19.3. The van der Waals surface area contributed by atoms with Gasteiger partial charge in [-0.25, -0.2) is 9.78 Å². The molecule has 1 rings (SSSR count). The molecular weight excluding hydrogens is 480 g/mol. The van der Waals surface area contributed by atoms with Crippen molar-refractivity contribution in [1.29, 1.82) is 0 Å². The number of carboxylic acids is 1. The Hall–Kier alpha value is -4.25. The first-order chi connectivity index (χ1) is 16.9. The highest BCUT2D eigenvalue weighted by Gasteiger charge is 2.31. The first kappa shape index (κ1) is 29.8. The molecule has 0 saturated carbocycles. The first-order valence-electron chi connectivity index (χ1n) is 10.8. The van der Waals surface area contributed by atoms with Crippen molar-refractivity contribution in [2.45, 2.75) is 49.9 Å². The summed E-state index contributed by atoms with van der Waals surface area (Å²) >= 11 is 0. The summed E-state index contributed by atoms with van der Waals surface area (Å²) in [6.07, 6.45) is 2.20. The maximum Gasteiger partial charge on any atom is 0.326 e. The normalized spacial score (nSPS) is 13.9. The highest BCUT2D eigenvalue weighted by molar-refractivity contribution is 5.95. The number of nitrogens with two attached hydrogens (primary N) is 4. The summed E-state index contributed by atoms with van der Waals surface area (Å²) in [7, 11) is 0. The fourth-order valence-electron chi connectivity index (χ4n) is 2.91. The molecule has 4 amide bonds. The third kappa shape index (κ3) is 10.8. The van der Waals surface area contributed by atoms with Crippen molar-refractivity contribution in [2.75, 3.05) is 13.2 Å². The zero-order chi connectivity index (χ0) is 27.3. The maximum absolute atomic E-state index is 13.0. The van der Waals surface area contributed by atoms with Gasteiger partial charge in [0, 0.05) is 24.9 Å². The molecule has 0 aliphatic heterocycles. The van der Waals surface area contributed by atoms with Crippen molar-refractivity contribution < 1.29 is 34.2 Å². The summed E-state index contributed by atoms with van der Waals surface area (Å²) in [5.74, 6) is -5.18. The van der Waals surface area contributed by atoms with E-state index >= 15 is 0 Å². The predicted molar refractivity (Wildman–Crippen MR) is 125 cm³/mol. The molecule has 4 unspecified atom stereocenters. The molecule has 200 valence electrons. The van der Waals surface area contributed by atoms with Crippen LogP contribution < -0.4 is 38.9 Å². The molecule has 1 aromatic heterocycles. The Morgan fingerprint density at radius 3 is 2.14 bits per heavy atom.